The number of methoxy groups -OCH3 is 1. The molecule has 0 saturated heterocycles. The normalized spacial score (nSPS) is 11.0. The number of azo groups is 1. The van der Waals surface area contributed by atoms with Gasteiger partial charge in [0.2, 0.25) is 0 Å². The molecule has 0 bridgehead atoms. The first-order valence-corrected chi connectivity index (χ1v) is 9.33. The number of rotatable bonds is 5. The van der Waals surface area contributed by atoms with Gasteiger partial charge in [-0.2, -0.15) is 5.11 Å². The molecule has 6 heteroatoms. The number of phenols is 1. The van der Waals surface area contributed by atoms with Crippen LogP contribution in [-0.4, -0.2) is 18.1 Å². The van der Waals surface area contributed by atoms with Crippen molar-refractivity contribution in [3.8, 4) is 11.5 Å². The number of hydrogen-bond donors (Lipinski definition) is 2. The first-order chi connectivity index (χ1) is 14.7. The summed E-state index contributed by atoms with van der Waals surface area (Å²) in [6, 6.07) is 25.3. The Hall–Kier alpha value is -4.19. The van der Waals surface area contributed by atoms with Crippen LogP contribution in [-0.2, 0) is 0 Å². The largest absolute Gasteiger partial charge is 0.505 e. The van der Waals surface area contributed by atoms with Gasteiger partial charge in [-0.1, -0.05) is 54.6 Å². The van der Waals surface area contributed by atoms with Crippen LogP contribution in [0, 0.1) is 0 Å². The molecule has 0 aliphatic carbocycles. The molecule has 30 heavy (non-hydrogen) atoms. The van der Waals surface area contributed by atoms with E-state index in [0.29, 0.717) is 22.5 Å². The number of amides is 1. The molecule has 0 radical (unpaired) electrons. The number of carbonyl (C=O) groups excluding carboxylic acids is 1. The number of carbonyl (C=O) groups is 1. The molecule has 0 saturated carbocycles. The van der Waals surface area contributed by atoms with Crippen LogP contribution in [0.3, 0.4) is 0 Å². The second-order valence-electron chi connectivity index (χ2n) is 6.53. The van der Waals surface area contributed by atoms with Crippen LogP contribution in [0.1, 0.15) is 10.4 Å². The fourth-order valence-electron chi connectivity index (χ4n) is 3.13. The molecule has 0 spiro atoms. The Balaban J connectivity index is 1.78. The second kappa shape index (κ2) is 8.45. The summed E-state index contributed by atoms with van der Waals surface area (Å²) in [6.07, 6.45) is 0. The third-order valence-electron chi connectivity index (χ3n) is 4.62. The van der Waals surface area contributed by atoms with Crippen molar-refractivity contribution in [1.82, 2.24) is 0 Å². The molecule has 0 fully saturated rings. The highest BCUT2D eigenvalue weighted by Crippen LogP contribution is 2.39. The minimum absolute atomic E-state index is 0.0987. The molecule has 0 aliphatic rings. The molecule has 0 unspecified atom stereocenters. The lowest BCUT2D eigenvalue weighted by Crippen LogP contribution is -2.13. The van der Waals surface area contributed by atoms with Gasteiger partial charge in [0.05, 0.1) is 24.0 Å². The van der Waals surface area contributed by atoms with Gasteiger partial charge in [-0.25, -0.2) is 0 Å². The van der Waals surface area contributed by atoms with Crippen molar-refractivity contribution in [1.29, 1.82) is 0 Å². The number of para-hydroxylation sites is 2. The van der Waals surface area contributed by atoms with E-state index in [0.717, 1.165) is 5.39 Å². The molecule has 6 nitrogen and oxygen atoms in total. The SMILES string of the molecule is COc1ccccc1NC(=O)c1cc2ccccc2c(N=Nc2ccccc2)c1O. The van der Waals surface area contributed by atoms with Crippen LogP contribution >= 0.6 is 0 Å². The number of aromatic hydroxyl groups is 1. The summed E-state index contributed by atoms with van der Waals surface area (Å²) in [4.78, 5) is 13.0. The van der Waals surface area contributed by atoms with E-state index in [1.807, 2.05) is 48.5 Å². The summed E-state index contributed by atoms with van der Waals surface area (Å²) >= 11 is 0. The van der Waals surface area contributed by atoms with E-state index in [4.69, 9.17) is 4.74 Å². The topological polar surface area (TPSA) is 83.3 Å². The molecule has 0 aliphatic heterocycles. The van der Waals surface area contributed by atoms with E-state index in [-0.39, 0.29) is 17.0 Å². The second-order valence-corrected chi connectivity index (χ2v) is 6.53. The van der Waals surface area contributed by atoms with Crippen LogP contribution in [0.2, 0.25) is 0 Å². The van der Waals surface area contributed by atoms with Crippen LogP contribution < -0.4 is 10.1 Å². The number of nitrogens with one attached hydrogen (secondary N) is 1. The Bertz CT molecular complexity index is 1240. The maximum atomic E-state index is 13.0. The third-order valence-corrected chi connectivity index (χ3v) is 4.62. The van der Waals surface area contributed by atoms with Gasteiger partial charge < -0.3 is 15.2 Å². The van der Waals surface area contributed by atoms with Crippen LogP contribution in [0.15, 0.2) is 95.2 Å². The monoisotopic (exact) mass is 397 g/mol. The lowest BCUT2D eigenvalue weighted by atomic mass is 10.0. The average molecular weight is 397 g/mol. The Kier molecular flexibility index (Phi) is 5.39. The van der Waals surface area contributed by atoms with Crippen LogP contribution in [0.5, 0.6) is 11.5 Å². The minimum Gasteiger partial charge on any atom is -0.505 e. The summed E-state index contributed by atoms with van der Waals surface area (Å²) in [5.41, 5.74) is 1.48. The number of ether oxygens (including phenoxy) is 1. The van der Waals surface area contributed by atoms with E-state index >= 15 is 0 Å². The Labute approximate surface area is 173 Å². The van der Waals surface area contributed by atoms with Gasteiger partial charge >= 0.3 is 0 Å². The molecule has 0 atom stereocenters. The highest BCUT2D eigenvalue weighted by atomic mass is 16.5. The fraction of sp³-hybridized carbons (Fsp3) is 0.0417. The minimum atomic E-state index is -0.473. The summed E-state index contributed by atoms with van der Waals surface area (Å²) in [6.45, 7) is 0. The van der Waals surface area contributed by atoms with Gasteiger partial charge in [0.25, 0.3) is 5.91 Å². The first kappa shape index (κ1) is 19.1. The smallest absolute Gasteiger partial charge is 0.259 e. The van der Waals surface area contributed by atoms with E-state index in [2.05, 4.69) is 15.5 Å². The Morgan fingerprint density at radius 3 is 2.40 bits per heavy atom. The number of nitrogens with zero attached hydrogens (tertiary/aromatic N) is 2. The maximum Gasteiger partial charge on any atom is 0.259 e. The van der Waals surface area contributed by atoms with Crippen LogP contribution in [0.25, 0.3) is 10.8 Å². The van der Waals surface area contributed by atoms with Crippen molar-refractivity contribution in [2.45, 2.75) is 0 Å². The van der Waals surface area contributed by atoms with Gasteiger partial charge in [0.1, 0.15) is 11.4 Å². The highest BCUT2D eigenvalue weighted by molar-refractivity contribution is 6.12. The number of benzene rings is 4. The number of hydrogen-bond acceptors (Lipinski definition) is 5. The molecule has 1 amide bonds. The lowest BCUT2D eigenvalue weighted by molar-refractivity contribution is 0.102. The highest BCUT2D eigenvalue weighted by Gasteiger charge is 2.19. The predicted molar refractivity (Wildman–Crippen MR) is 117 cm³/mol. The zero-order valence-corrected chi connectivity index (χ0v) is 16.2. The van der Waals surface area contributed by atoms with Crippen molar-refractivity contribution in [3.05, 3.63) is 90.5 Å². The molecule has 0 heterocycles. The van der Waals surface area contributed by atoms with Gasteiger partial charge in [0.15, 0.2) is 5.75 Å². The maximum absolute atomic E-state index is 13.0. The fourth-order valence-corrected chi connectivity index (χ4v) is 3.13. The summed E-state index contributed by atoms with van der Waals surface area (Å²) in [7, 11) is 1.53. The molecule has 4 rings (SSSR count). The van der Waals surface area contributed by atoms with Gasteiger partial charge in [-0.3, -0.25) is 4.79 Å². The Morgan fingerprint density at radius 1 is 0.900 bits per heavy atom. The Morgan fingerprint density at radius 2 is 1.60 bits per heavy atom. The van der Waals surface area contributed by atoms with Gasteiger partial charge in [0, 0.05) is 5.39 Å². The van der Waals surface area contributed by atoms with E-state index < -0.39 is 5.91 Å². The van der Waals surface area contributed by atoms with E-state index in [9.17, 15) is 9.90 Å². The molecule has 4 aromatic rings. The number of fused-ring (bicyclic) bond motifs is 1. The van der Waals surface area contributed by atoms with Crippen molar-refractivity contribution in [2.75, 3.05) is 12.4 Å². The summed E-state index contributed by atoms with van der Waals surface area (Å²) < 4.78 is 5.28. The molecular weight excluding hydrogens is 378 g/mol. The zero-order chi connectivity index (χ0) is 20.9. The van der Waals surface area contributed by atoms with Crippen molar-refractivity contribution < 1.29 is 14.6 Å². The number of phenolic OH excluding ortho intramolecular Hbond substituents is 1. The zero-order valence-electron chi connectivity index (χ0n) is 16.2. The van der Waals surface area contributed by atoms with E-state index in [1.54, 1.807) is 36.4 Å². The van der Waals surface area contributed by atoms with Crippen molar-refractivity contribution in [2.24, 2.45) is 10.2 Å². The van der Waals surface area contributed by atoms with Crippen molar-refractivity contribution in [3.63, 3.8) is 0 Å². The average Bonchev–Trinajstić information content (AvgIpc) is 2.79. The predicted octanol–water partition coefficient (Wildman–Crippen LogP) is 6.22. The third kappa shape index (κ3) is 3.84. The van der Waals surface area contributed by atoms with Crippen LogP contribution in [0.4, 0.5) is 17.1 Å². The molecular formula is C24H19N3O3. The first-order valence-electron chi connectivity index (χ1n) is 9.33. The van der Waals surface area contributed by atoms with Gasteiger partial charge in [-0.15, -0.1) is 5.11 Å². The van der Waals surface area contributed by atoms with E-state index in [1.165, 1.54) is 7.11 Å². The molecule has 4 aromatic carbocycles. The lowest BCUT2D eigenvalue weighted by Gasteiger charge is -2.13. The number of anilines is 1. The summed E-state index contributed by atoms with van der Waals surface area (Å²) in [5.74, 6) is -0.185. The van der Waals surface area contributed by atoms with Crippen molar-refractivity contribution >= 4 is 33.7 Å². The summed E-state index contributed by atoms with van der Waals surface area (Å²) in [5, 5.41) is 23.6. The van der Waals surface area contributed by atoms with Gasteiger partial charge in [-0.05, 0) is 35.7 Å². The standard InChI is InChI=1S/C24H19N3O3/c1-30-21-14-8-7-13-20(21)25-24(29)19-15-16-9-5-6-12-18(16)22(23(19)28)27-26-17-10-3-2-4-11-17/h2-15,28H,1H3,(H,25,29). The quantitative estimate of drug-likeness (QED) is 0.392. The molecule has 148 valence electrons. The molecule has 2 N–H and O–H groups in total. The molecule has 0 aromatic heterocycles.